The van der Waals surface area contributed by atoms with Crippen LogP contribution in [0, 0.1) is 0 Å². The zero-order valence-electron chi connectivity index (χ0n) is 13.8. The Morgan fingerprint density at radius 3 is 2.54 bits per heavy atom. The zero-order chi connectivity index (χ0) is 19.9. The molecule has 7 nitrogen and oxygen atoms in total. The molecule has 0 unspecified atom stereocenters. The van der Waals surface area contributed by atoms with E-state index >= 15 is 0 Å². The lowest BCUT2D eigenvalue weighted by atomic mass is 10.2. The van der Waals surface area contributed by atoms with Crippen LogP contribution in [0.2, 0.25) is 0 Å². The van der Waals surface area contributed by atoms with E-state index in [1.165, 1.54) is 36.4 Å². The van der Waals surface area contributed by atoms with Gasteiger partial charge in [0.15, 0.2) is 16.7 Å². The number of amidine groups is 1. The van der Waals surface area contributed by atoms with Gasteiger partial charge in [-0.1, -0.05) is 24.3 Å². The van der Waals surface area contributed by atoms with Gasteiger partial charge in [-0.2, -0.15) is 8.42 Å². The summed E-state index contributed by atoms with van der Waals surface area (Å²) in [5.41, 5.74) is 0.393. The normalized spacial score (nSPS) is 20.6. The van der Waals surface area contributed by atoms with E-state index in [2.05, 4.69) is 19.2 Å². The Balaban J connectivity index is 1.58. The average Bonchev–Trinajstić information content (AvgIpc) is 3.12. The molecular formula is C17H10F2N2O5S2. The minimum atomic E-state index is -3.98. The molecule has 28 heavy (non-hydrogen) atoms. The second kappa shape index (κ2) is 6.60. The van der Waals surface area contributed by atoms with Gasteiger partial charge in [0, 0.05) is 0 Å². The van der Waals surface area contributed by atoms with E-state index in [9.17, 15) is 22.0 Å². The molecule has 2 aliphatic heterocycles. The number of amides is 1. The van der Waals surface area contributed by atoms with Gasteiger partial charge in [0.05, 0.1) is 9.80 Å². The Morgan fingerprint density at radius 1 is 1.07 bits per heavy atom. The summed E-state index contributed by atoms with van der Waals surface area (Å²) < 4.78 is 63.0. The highest BCUT2D eigenvalue weighted by atomic mass is 32.2. The molecule has 1 fully saturated rings. The number of ether oxygens (including phenoxy) is 2. The second-order valence-corrected chi connectivity index (χ2v) is 8.26. The number of nitrogens with zero attached hydrogens (tertiary/aromatic N) is 1. The predicted molar refractivity (Wildman–Crippen MR) is 97.4 cm³/mol. The number of rotatable bonds is 3. The fourth-order valence-corrected chi connectivity index (χ4v) is 4.44. The van der Waals surface area contributed by atoms with Crippen molar-refractivity contribution in [3.05, 3.63) is 59.0 Å². The van der Waals surface area contributed by atoms with Gasteiger partial charge in [-0.3, -0.25) is 10.1 Å². The van der Waals surface area contributed by atoms with E-state index < -0.39 is 22.2 Å². The largest absolute Gasteiger partial charge is 0.586 e. The second-order valence-electron chi connectivity index (χ2n) is 5.62. The van der Waals surface area contributed by atoms with Gasteiger partial charge in [0.1, 0.15) is 0 Å². The van der Waals surface area contributed by atoms with Crippen molar-refractivity contribution >= 4 is 38.9 Å². The smallest absolute Gasteiger partial charge is 0.395 e. The van der Waals surface area contributed by atoms with Crippen molar-refractivity contribution in [3.8, 4) is 11.5 Å². The molecule has 0 saturated carbocycles. The Labute approximate surface area is 162 Å². The van der Waals surface area contributed by atoms with Gasteiger partial charge < -0.3 is 9.47 Å². The van der Waals surface area contributed by atoms with Crippen LogP contribution in [0.15, 0.2) is 62.7 Å². The van der Waals surface area contributed by atoms with E-state index in [1.807, 2.05) is 0 Å². The number of carbonyl (C=O) groups excluding carboxylic acids is 1. The first-order chi connectivity index (χ1) is 13.2. The third-order valence-electron chi connectivity index (χ3n) is 3.62. The van der Waals surface area contributed by atoms with Crippen molar-refractivity contribution in [1.29, 1.82) is 0 Å². The molecule has 0 spiro atoms. The van der Waals surface area contributed by atoms with E-state index in [1.54, 1.807) is 18.2 Å². The third-order valence-corrected chi connectivity index (χ3v) is 5.93. The number of fused-ring (bicyclic) bond motifs is 1. The van der Waals surface area contributed by atoms with Crippen LogP contribution < -0.4 is 14.8 Å². The number of hydrogen-bond donors (Lipinski definition) is 1. The molecule has 1 amide bonds. The summed E-state index contributed by atoms with van der Waals surface area (Å²) in [6.07, 6.45) is -2.34. The quantitative estimate of drug-likeness (QED) is 0.762. The van der Waals surface area contributed by atoms with E-state index in [-0.39, 0.29) is 26.5 Å². The van der Waals surface area contributed by atoms with Crippen LogP contribution in [0.25, 0.3) is 6.08 Å². The van der Waals surface area contributed by atoms with E-state index in [0.29, 0.717) is 5.56 Å². The molecule has 0 atom stereocenters. The molecule has 0 radical (unpaired) electrons. The highest BCUT2D eigenvalue weighted by Gasteiger charge is 2.43. The van der Waals surface area contributed by atoms with Crippen LogP contribution >= 0.6 is 11.8 Å². The van der Waals surface area contributed by atoms with Crippen molar-refractivity contribution in [2.45, 2.75) is 11.2 Å². The first-order valence-electron chi connectivity index (χ1n) is 7.73. The molecule has 0 aromatic heterocycles. The molecule has 2 aliphatic rings. The maximum Gasteiger partial charge on any atom is 0.586 e. The summed E-state index contributed by atoms with van der Waals surface area (Å²) in [5, 5.41) is 2.26. The lowest BCUT2D eigenvalue weighted by Gasteiger charge is -2.04. The third kappa shape index (κ3) is 3.71. The van der Waals surface area contributed by atoms with Crippen LogP contribution in [0.5, 0.6) is 11.5 Å². The number of benzene rings is 2. The Morgan fingerprint density at radius 2 is 1.79 bits per heavy atom. The van der Waals surface area contributed by atoms with Crippen molar-refractivity contribution in [2.24, 2.45) is 4.40 Å². The van der Waals surface area contributed by atoms with Crippen LogP contribution in [0.3, 0.4) is 0 Å². The molecule has 2 aromatic rings. The van der Waals surface area contributed by atoms with Crippen LogP contribution in [0.1, 0.15) is 5.56 Å². The highest BCUT2D eigenvalue weighted by Crippen LogP contribution is 2.41. The van der Waals surface area contributed by atoms with Crippen molar-refractivity contribution in [2.75, 3.05) is 0 Å². The fraction of sp³-hybridized carbons (Fsp3) is 0.0588. The molecule has 2 heterocycles. The molecule has 0 aliphatic carbocycles. The number of hydrogen-bond acceptors (Lipinski definition) is 6. The molecule has 1 saturated heterocycles. The monoisotopic (exact) mass is 424 g/mol. The van der Waals surface area contributed by atoms with E-state index in [4.69, 9.17) is 0 Å². The van der Waals surface area contributed by atoms with Crippen LogP contribution in [0.4, 0.5) is 8.78 Å². The average molecular weight is 424 g/mol. The summed E-state index contributed by atoms with van der Waals surface area (Å²) in [5.74, 6) is -0.842. The van der Waals surface area contributed by atoms with Gasteiger partial charge >= 0.3 is 6.29 Å². The molecule has 11 heteroatoms. The van der Waals surface area contributed by atoms with Crippen molar-refractivity contribution in [1.82, 2.24) is 5.32 Å². The maximum atomic E-state index is 13.1. The first-order valence-corrected chi connectivity index (χ1v) is 9.98. The molecule has 0 bridgehead atoms. The van der Waals surface area contributed by atoms with Gasteiger partial charge in [-0.15, -0.1) is 13.2 Å². The summed E-state index contributed by atoms with van der Waals surface area (Å²) in [6, 6.07) is 11.6. The van der Waals surface area contributed by atoms with Gasteiger partial charge in [-0.05, 0) is 47.7 Å². The Bertz CT molecular complexity index is 1130. The van der Waals surface area contributed by atoms with Crippen molar-refractivity contribution < 1.29 is 31.5 Å². The minimum Gasteiger partial charge on any atom is -0.395 e. The van der Waals surface area contributed by atoms with Crippen molar-refractivity contribution in [3.63, 3.8) is 0 Å². The summed E-state index contributed by atoms with van der Waals surface area (Å²) in [6.45, 7) is 0. The molecule has 2 aromatic carbocycles. The highest BCUT2D eigenvalue weighted by molar-refractivity contribution is 8.19. The van der Waals surface area contributed by atoms with Crippen LogP contribution in [-0.2, 0) is 14.8 Å². The molecular weight excluding hydrogens is 414 g/mol. The number of nitrogens with one attached hydrogen (secondary N) is 1. The standard InChI is InChI=1S/C17H10F2N2O5S2/c18-17(19)25-12-7-6-10(8-13(12)26-17)9-14-15(22)20-16(27-14)21-28(23,24)11-4-2-1-3-5-11/h1-9H,(H,20,21,22)/b14-9+. The fourth-order valence-electron chi connectivity index (χ4n) is 2.43. The summed E-state index contributed by atoms with van der Waals surface area (Å²) >= 11 is 0.819. The van der Waals surface area contributed by atoms with E-state index in [0.717, 1.165) is 11.8 Å². The molecule has 144 valence electrons. The topological polar surface area (TPSA) is 94.1 Å². The maximum absolute atomic E-state index is 13.1. The number of thioether (sulfide) groups is 1. The van der Waals surface area contributed by atoms with Gasteiger partial charge in [0.2, 0.25) is 0 Å². The lowest BCUT2D eigenvalue weighted by molar-refractivity contribution is -0.286. The Hall–Kier alpha value is -2.92. The molecule has 4 rings (SSSR count). The van der Waals surface area contributed by atoms with Crippen LogP contribution in [-0.4, -0.2) is 25.8 Å². The lowest BCUT2D eigenvalue weighted by Crippen LogP contribution is -2.25. The Kier molecular flexibility index (Phi) is 4.35. The van der Waals surface area contributed by atoms with Gasteiger partial charge in [-0.25, -0.2) is 0 Å². The minimum absolute atomic E-state index is 0.00789. The summed E-state index contributed by atoms with van der Waals surface area (Å²) in [4.78, 5) is 12.2. The zero-order valence-corrected chi connectivity index (χ0v) is 15.4. The number of sulfonamides is 1. The SMILES string of the molecule is O=C1N/C(=N/S(=O)(=O)c2ccccc2)S/C1=C/c1ccc2c(c1)OC(F)(F)O2. The number of carbonyl (C=O) groups is 1. The first kappa shape index (κ1) is 18.4. The summed E-state index contributed by atoms with van der Waals surface area (Å²) in [7, 11) is -3.98. The molecule has 1 N–H and O–H groups in total. The predicted octanol–water partition coefficient (Wildman–Crippen LogP) is 2.96. The van der Waals surface area contributed by atoms with Gasteiger partial charge in [0.25, 0.3) is 15.9 Å². The number of halogens is 2. The number of alkyl halides is 2.